The zero-order valence-corrected chi connectivity index (χ0v) is 12.2. The first-order valence-electron chi connectivity index (χ1n) is 6.32. The highest BCUT2D eigenvalue weighted by molar-refractivity contribution is 7.98. The predicted octanol–water partition coefficient (Wildman–Crippen LogP) is 3.32. The van der Waals surface area contributed by atoms with Crippen LogP contribution < -0.4 is 11.3 Å². The number of hydrogen-bond acceptors (Lipinski definition) is 5. The van der Waals surface area contributed by atoms with Gasteiger partial charge in [0.05, 0.1) is 5.75 Å². The SMILES string of the molecule is CC(C)c1cc(NN)nc(CSc2ccccc2F)n1. The Morgan fingerprint density at radius 1 is 1.30 bits per heavy atom. The van der Waals surface area contributed by atoms with Crippen LogP contribution in [0.1, 0.15) is 31.3 Å². The third kappa shape index (κ3) is 3.68. The summed E-state index contributed by atoms with van der Waals surface area (Å²) >= 11 is 1.37. The molecule has 0 amide bonds. The summed E-state index contributed by atoms with van der Waals surface area (Å²) in [5.74, 6) is 7.17. The molecule has 0 unspecified atom stereocenters. The highest BCUT2D eigenvalue weighted by Crippen LogP contribution is 2.25. The molecule has 20 heavy (non-hydrogen) atoms. The smallest absolute Gasteiger partial charge is 0.143 e. The molecule has 1 aromatic carbocycles. The zero-order valence-electron chi connectivity index (χ0n) is 11.4. The van der Waals surface area contributed by atoms with Gasteiger partial charge in [0, 0.05) is 16.7 Å². The Balaban J connectivity index is 2.17. The van der Waals surface area contributed by atoms with Gasteiger partial charge >= 0.3 is 0 Å². The summed E-state index contributed by atoms with van der Waals surface area (Å²) in [5.41, 5.74) is 3.45. The van der Waals surface area contributed by atoms with Crippen molar-refractivity contribution in [3.8, 4) is 0 Å². The molecule has 106 valence electrons. The van der Waals surface area contributed by atoms with Gasteiger partial charge in [0.1, 0.15) is 17.5 Å². The molecule has 1 heterocycles. The summed E-state index contributed by atoms with van der Waals surface area (Å²) < 4.78 is 13.6. The highest BCUT2D eigenvalue weighted by atomic mass is 32.2. The van der Waals surface area contributed by atoms with Gasteiger partial charge in [-0.15, -0.1) is 11.8 Å². The van der Waals surface area contributed by atoms with Gasteiger partial charge in [-0.2, -0.15) is 0 Å². The normalized spacial score (nSPS) is 10.8. The number of rotatable bonds is 5. The number of thioether (sulfide) groups is 1. The van der Waals surface area contributed by atoms with Gasteiger partial charge in [0.2, 0.25) is 0 Å². The van der Waals surface area contributed by atoms with E-state index in [0.717, 1.165) is 5.69 Å². The van der Waals surface area contributed by atoms with Crippen LogP contribution in [0, 0.1) is 5.82 Å². The van der Waals surface area contributed by atoms with Crippen molar-refractivity contribution in [1.82, 2.24) is 9.97 Å². The number of aromatic nitrogens is 2. The summed E-state index contributed by atoms with van der Waals surface area (Å²) in [6, 6.07) is 8.49. The Labute approximate surface area is 122 Å². The van der Waals surface area contributed by atoms with Crippen molar-refractivity contribution in [1.29, 1.82) is 0 Å². The van der Waals surface area contributed by atoms with Crippen LogP contribution in [0.25, 0.3) is 0 Å². The topological polar surface area (TPSA) is 63.8 Å². The summed E-state index contributed by atoms with van der Waals surface area (Å²) in [7, 11) is 0. The minimum atomic E-state index is -0.227. The molecule has 0 aliphatic heterocycles. The Hall–Kier alpha value is -1.66. The molecule has 0 saturated carbocycles. The van der Waals surface area contributed by atoms with E-state index in [9.17, 15) is 4.39 Å². The van der Waals surface area contributed by atoms with Gasteiger partial charge in [-0.25, -0.2) is 20.2 Å². The van der Waals surface area contributed by atoms with Gasteiger partial charge in [0.15, 0.2) is 0 Å². The van der Waals surface area contributed by atoms with Gasteiger partial charge < -0.3 is 5.43 Å². The molecule has 0 spiro atoms. The number of benzene rings is 1. The molecule has 0 fully saturated rings. The van der Waals surface area contributed by atoms with E-state index in [2.05, 4.69) is 29.2 Å². The monoisotopic (exact) mass is 292 g/mol. The van der Waals surface area contributed by atoms with Crippen molar-refractivity contribution < 1.29 is 4.39 Å². The summed E-state index contributed by atoms with van der Waals surface area (Å²) in [4.78, 5) is 9.36. The van der Waals surface area contributed by atoms with Crippen molar-refractivity contribution >= 4 is 17.6 Å². The lowest BCUT2D eigenvalue weighted by atomic mass is 10.1. The molecule has 1 aromatic heterocycles. The number of nitrogens with two attached hydrogens (primary N) is 1. The molecular weight excluding hydrogens is 275 g/mol. The van der Waals surface area contributed by atoms with Gasteiger partial charge in [-0.05, 0) is 18.1 Å². The van der Waals surface area contributed by atoms with E-state index in [-0.39, 0.29) is 11.7 Å². The van der Waals surface area contributed by atoms with Crippen LogP contribution in [-0.2, 0) is 5.75 Å². The maximum Gasteiger partial charge on any atom is 0.143 e. The molecule has 0 aliphatic carbocycles. The number of hydrogen-bond donors (Lipinski definition) is 2. The molecule has 3 N–H and O–H groups in total. The number of hydrazine groups is 1. The Kier molecular flexibility index (Phi) is 4.92. The maximum atomic E-state index is 13.6. The summed E-state index contributed by atoms with van der Waals surface area (Å²) in [6.45, 7) is 4.10. The van der Waals surface area contributed by atoms with Crippen LogP contribution >= 0.6 is 11.8 Å². The highest BCUT2D eigenvalue weighted by Gasteiger charge is 2.09. The van der Waals surface area contributed by atoms with Crippen LogP contribution in [0.2, 0.25) is 0 Å². The molecule has 2 rings (SSSR count). The van der Waals surface area contributed by atoms with E-state index in [1.807, 2.05) is 12.1 Å². The first kappa shape index (κ1) is 14.7. The Morgan fingerprint density at radius 3 is 2.70 bits per heavy atom. The maximum absolute atomic E-state index is 13.6. The predicted molar refractivity (Wildman–Crippen MR) is 79.9 cm³/mol. The fourth-order valence-corrected chi connectivity index (χ4v) is 2.45. The Bertz CT molecular complexity index is 589. The van der Waals surface area contributed by atoms with Crippen molar-refractivity contribution in [3.05, 3.63) is 47.7 Å². The van der Waals surface area contributed by atoms with Gasteiger partial charge in [0.25, 0.3) is 0 Å². The Morgan fingerprint density at radius 2 is 2.05 bits per heavy atom. The minimum Gasteiger partial charge on any atom is -0.308 e. The van der Waals surface area contributed by atoms with Gasteiger partial charge in [-0.3, -0.25) is 0 Å². The van der Waals surface area contributed by atoms with Crippen LogP contribution in [0.4, 0.5) is 10.2 Å². The molecule has 0 aliphatic rings. The molecule has 0 atom stereocenters. The molecule has 4 nitrogen and oxygen atoms in total. The first-order chi connectivity index (χ1) is 9.60. The lowest BCUT2D eigenvalue weighted by Crippen LogP contribution is -2.11. The molecular formula is C14H17FN4S. The van der Waals surface area contributed by atoms with Crippen molar-refractivity contribution in [2.75, 3.05) is 5.43 Å². The number of nitrogens with zero attached hydrogens (tertiary/aromatic N) is 2. The first-order valence-corrected chi connectivity index (χ1v) is 7.30. The third-order valence-corrected chi connectivity index (χ3v) is 3.77. The van der Waals surface area contributed by atoms with Crippen LogP contribution in [0.15, 0.2) is 35.2 Å². The molecule has 0 saturated heterocycles. The van der Waals surface area contributed by atoms with Crippen molar-refractivity contribution in [2.45, 2.75) is 30.4 Å². The largest absolute Gasteiger partial charge is 0.308 e. The number of halogens is 1. The second-order valence-corrected chi connectivity index (χ2v) is 5.63. The average molecular weight is 292 g/mol. The second kappa shape index (κ2) is 6.67. The van der Waals surface area contributed by atoms with Gasteiger partial charge in [-0.1, -0.05) is 26.0 Å². The van der Waals surface area contributed by atoms with E-state index in [1.165, 1.54) is 17.8 Å². The second-order valence-electron chi connectivity index (χ2n) is 4.61. The van der Waals surface area contributed by atoms with Crippen LogP contribution in [0.5, 0.6) is 0 Å². The standard InChI is InChI=1S/C14H17FN4S/c1-9(2)11-7-13(19-16)18-14(17-11)8-20-12-6-4-3-5-10(12)15/h3-7,9H,8,16H2,1-2H3,(H,17,18,19). The van der Waals surface area contributed by atoms with Crippen molar-refractivity contribution in [3.63, 3.8) is 0 Å². The lowest BCUT2D eigenvalue weighted by molar-refractivity contribution is 0.602. The minimum absolute atomic E-state index is 0.227. The summed E-state index contributed by atoms with van der Waals surface area (Å²) in [5, 5.41) is 0. The molecule has 0 bridgehead atoms. The number of nitrogens with one attached hydrogen (secondary N) is 1. The quantitative estimate of drug-likeness (QED) is 0.503. The van der Waals surface area contributed by atoms with E-state index >= 15 is 0 Å². The van der Waals surface area contributed by atoms with Crippen molar-refractivity contribution in [2.24, 2.45) is 5.84 Å². The van der Waals surface area contributed by atoms with Crippen LogP contribution in [0.3, 0.4) is 0 Å². The third-order valence-electron chi connectivity index (χ3n) is 2.73. The fourth-order valence-electron chi connectivity index (χ4n) is 1.66. The average Bonchev–Trinajstić information content (AvgIpc) is 2.46. The van der Waals surface area contributed by atoms with Crippen LogP contribution in [-0.4, -0.2) is 9.97 Å². The molecule has 2 aromatic rings. The zero-order chi connectivity index (χ0) is 14.5. The molecule has 6 heteroatoms. The number of nitrogen functional groups attached to an aromatic ring is 1. The molecule has 0 radical (unpaired) electrons. The van der Waals surface area contributed by atoms with E-state index < -0.39 is 0 Å². The van der Waals surface area contributed by atoms with E-state index in [0.29, 0.717) is 22.3 Å². The van der Waals surface area contributed by atoms with E-state index in [4.69, 9.17) is 5.84 Å². The fraction of sp³-hybridized carbons (Fsp3) is 0.286. The lowest BCUT2D eigenvalue weighted by Gasteiger charge is -2.10. The van der Waals surface area contributed by atoms with E-state index in [1.54, 1.807) is 12.1 Å². The number of anilines is 1. The summed E-state index contributed by atoms with van der Waals surface area (Å²) in [6.07, 6.45) is 0.